The number of hydrogen-bond acceptors (Lipinski definition) is 3. The van der Waals surface area contributed by atoms with Crippen molar-refractivity contribution < 1.29 is 14.7 Å². The van der Waals surface area contributed by atoms with Gasteiger partial charge in [-0.25, -0.2) is 9.59 Å². The summed E-state index contributed by atoms with van der Waals surface area (Å²) >= 11 is 0. The third-order valence-corrected chi connectivity index (χ3v) is 2.88. The molecule has 0 aliphatic rings. The van der Waals surface area contributed by atoms with Gasteiger partial charge in [0.15, 0.2) is 0 Å². The number of nitrogens with zero attached hydrogens (tertiary/aromatic N) is 1. The lowest BCUT2D eigenvalue weighted by molar-refractivity contribution is -0.139. The summed E-state index contributed by atoms with van der Waals surface area (Å²) in [7, 11) is 0. The Labute approximate surface area is 115 Å². The van der Waals surface area contributed by atoms with Crippen molar-refractivity contribution in [1.29, 1.82) is 0 Å². The Hall–Kier alpha value is -1.30. The van der Waals surface area contributed by atoms with E-state index in [0.717, 1.165) is 32.5 Å². The second-order valence-electron chi connectivity index (χ2n) is 4.51. The van der Waals surface area contributed by atoms with Crippen LogP contribution in [0, 0.1) is 0 Å². The number of likely N-dealkylation sites (N-methyl/N-ethyl adjacent to an activating group) is 1. The van der Waals surface area contributed by atoms with E-state index in [-0.39, 0.29) is 0 Å². The maximum Gasteiger partial charge on any atom is 0.326 e. The largest absolute Gasteiger partial charge is 0.480 e. The molecule has 112 valence electrons. The minimum Gasteiger partial charge on any atom is -0.480 e. The molecule has 1 atom stereocenters. The lowest BCUT2D eigenvalue weighted by Gasteiger charge is -2.20. The summed E-state index contributed by atoms with van der Waals surface area (Å²) in [6.45, 7) is 9.35. The van der Waals surface area contributed by atoms with Crippen LogP contribution in [0.1, 0.15) is 40.0 Å². The van der Waals surface area contributed by atoms with E-state index in [1.54, 1.807) is 0 Å². The van der Waals surface area contributed by atoms with Crippen LogP contribution in [0.5, 0.6) is 0 Å². The predicted octanol–water partition coefficient (Wildman–Crippen LogP) is 1.27. The molecular weight excluding hydrogens is 246 g/mol. The van der Waals surface area contributed by atoms with E-state index >= 15 is 0 Å². The monoisotopic (exact) mass is 273 g/mol. The SMILES string of the molecule is CCC[C@H](NC(=O)NCCN(CC)CCC)C(=O)O. The Bertz CT molecular complexity index is 272. The fourth-order valence-electron chi connectivity index (χ4n) is 1.83. The van der Waals surface area contributed by atoms with Gasteiger partial charge in [0, 0.05) is 13.1 Å². The highest BCUT2D eigenvalue weighted by atomic mass is 16.4. The molecule has 0 bridgehead atoms. The Kier molecular flexibility index (Phi) is 9.88. The van der Waals surface area contributed by atoms with E-state index in [1.807, 2.05) is 6.92 Å². The van der Waals surface area contributed by atoms with Crippen molar-refractivity contribution in [2.75, 3.05) is 26.2 Å². The van der Waals surface area contributed by atoms with Gasteiger partial charge in [0.25, 0.3) is 0 Å². The van der Waals surface area contributed by atoms with Crippen LogP contribution < -0.4 is 10.6 Å². The Morgan fingerprint density at radius 1 is 1.16 bits per heavy atom. The van der Waals surface area contributed by atoms with Crippen molar-refractivity contribution in [1.82, 2.24) is 15.5 Å². The number of urea groups is 1. The summed E-state index contributed by atoms with van der Waals surface area (Å²) in [5, 5.41) is 14.1. The van der Waals surface area contributed by atoms with Crippen LogP contribution in [-0.2, 0) is 4.79 Å². The second-order valence-corrected chi connectivity index (χ2v) is 4.51. The molecule has 0 aliphatic heterocycles. The minimum atomic E-state index is -0.988. The zero-order chi connectivity index (χ0) is 14.7. The predicted molar refractivity (Wildman–Crippen MR) is 75.3 cm³/mol. The average molecular weight is 273 g/mol. The first kappa shape index (κ1) is 17.7. The lowest BCUT2D eigenvalue weighted by atomic mass is 10.2. The standard InChI is InChI=1S/C13H27N3O3/c1-4-7-11(12(17)18)15-13(19)14-8-10-16(6-3)9-5-2/h11H,4-10H2,1-3H3,(H,17,18)(H2,14,15,19)/t11-/m0/s1. The molecule has 0 aromatic rings. The van der Waals surface area contributed by atoms with Gasteiger partial charge in [-0.2, -0.15) is 0 Å². The smallest absolute Gasteiger partial charge is 0.326 e. The van der Waals surface area contributed by atoms with Crippen LogP contribution in [0.15, 0.2) is 0 Å². The molecule has 19 heavy (non-hydrogen) atoms. The zero-order valence-corrected chi connectivity index (χ0v) is 12.2. The van der Waals surface area contributed by atoms with Gasteiger partial charge in [0.05, 0.1) is 0 Å². The molecule has 2 amide bonds. The fourth-order valence-corrected chi connectivity index (χ4v) is 1.83. The van der Waals surface area contributed by atoms with Crippen molar-refractivity contribution in [2.45, 2.75) is 46.1 Å². The summed E-state index contributed by atoms with van der Waals surface area (Å²) < 4.78 is 0. The van der Waals surface area contributed by atoms with E-state index < -0.39 is 18.0 Å². The Morgan fingerprint density at radius 2 is 1.84 bits per heavy atom. The molecule has 0 aromatic heterocycles. The maximum absolute atomic E-state index is 11.6. The molecule has 0 aromatic carbocycles. The number of rotatable bonds is 10. The third-order valence-electron chi connectivity index (χ3n) is 2.88. The lowest BCUT2D eigenvalue weighted by Crippen LogP contribution is -2.47. The van der Waals surface area contributed by atoms with Gasteiger partial charge in [-0.3, -0.25) is 0 Å². The van der Waals surface area contributed by atoms with E-state index in [0.29, 0.717) is 13.0 Å². The van der Waals surface area contributed by atoms with Crippen molar-refractivity contribution in [2.24, 2.45) is 0 Å². The van der Waals surface area contributed by atoms with Crippen LogP contribution in [-0.4, -0.2) is 54.2 Å². The molecule has 0 rings (SSSR count). The average Bonchev–Trinajstić information content (AvgIpc) is 2.37. The summed E-state index contributed by atoms with van der Waals surface area (Å²) in [5.41, 5.74) is 0. The quantitative estimate of drug-likeness (QED) is 0.560. The number of amides is 2. The molecular formula is C13H27N3O3. The third kappa shape index (κ3) is 8.42. The second kappa shape index (κ2) is 10.6. The molecule has 0 saturated carbocycles. The number of carboxylic acids is 1. The highest BCUT2D eigenvalue weighted by Crippen LogP contribution is 1.96. The number of carboxylic acid groups (broad SMARTS) is 1. The molecule has 0 fully saturated rings. The summed E-state index contributed by atoms with van der Waals surface area (Å²) in [5.74, 6) is -0.988. The van der Waals surface area contributed by atoms with Gasteiger partial charge >= 0.3 is 12.0 Å². The molecule has 0 spiro atoms. The maximum atomic E-state index is 11.6. The van der Waals surface area contributed by atoms with Gasteiger partial charge in [0.2, 0.25) is 0 Å². The zero-order valence-electron chi connectivity index (χ0n) is 12.2. The van der Waals surface area contributed by atoms with Crippen LogP contribution in [0.4, 0.5) is 4.79 Å². The molecule has 6 nitrogen and oxygen atoms in total. The number of carbonyl (C=O) groups excluding carboxylic acids is 1. The number of aliphatic carboxylic acids is 1. The first-order valence-corrected chi connectivity index (χ1v) is 7.04. The molecule has 0 saturated heterocycles. The summed E-state index contributed by atoms with van der Waals surface area (Å²) in [6, 6.07) is -1.21. The highest BCUT2D eigenvalue weighted by molar-refractivity contribution is 5.82. The van der Waals surface area contributed by atoms with Crippen molar-refractivity contribution in [3.8, 4) is 0 Å². The minimum absolute atomic E-state index is 0.409. The first-order chi connectivity index (χ1) is 9.04. The Balaban J connectivity index is 3.93. The molecule has 0 heterocycles. The first-order valence-electron chi connectivity index (χ1n) is 7.04. The molecule has 0 unspecified atom stereocenters. The number of carbonyl (C=O) groups is 2. The van der Waals surface area contributed by atoms with E-state index in [4.69, 9.17) is 5.11 Å². The topological polar surface area (TPSA) is 81.7 Å². The summed E-state index contributed by atoms with van der Waals surface area (Å²) in [6.07, 6.45) is 2.24. The van der Waals surface area contributed by atoms with E-state index in [1.165, 1.54) is 0 Å². The van der Waals surface area contributed by atoms with Gasteiger partial charge in [0.1, 0.15) is 6.04 Å². The van der Waals surface area contributed by atoms with Crippen LogP contribution in [0.2, 0.25) is 0 Å². The van der Waals surface area contributed by atoms with E-state index in [2.05, 4.69) is 29.4 Å². The highest BCUT2D eigenvalue weighted by Gasteiger charge is 2.18. The molecule has 0 radical (unpaired) electrons. The normalized spacial score (nSPS) is 12.2. The van der Waals surface area contributed by atoms with E-state index in [9.17, 15) is 9.59 Å². The number of nitrogens with one attached hydrogen (secondary N) is 2. The molecule has 6 heteroatoms. The van der Waals surface area contributed by atoms with Crippen molar-refractivity contribution in [3.05, 3.63) is 0 Å². The Morgan fingerprint density at radius 3 is 2.32 bits per heavy atom. The van der Waals surface area contributed by atoms with Crippen molar-refractivity contribution in [3.63, 3.8) is 0 Å². The van der Waals surface area contributed by atoms with Crippen LogP contribution in [0.25, 0.3) is 0 Å². The van der Waals surface area contributed by atoms with Gasteiger partial charge < -0.3 is 20.6 Å². The molecule has 0 aliphatic carbocycles. The van der Waals surface area contributed by atoms with Gasteiger partial charge in [-0.15, -0.1) is 0 Å². The summed E-state index contributed by atoms with van der Waals surface area (Å²) in [4.78, 5) is 24.7. The number of hydrogen-bond donors (Lipinski definition) is 3. The van der Waals surface area contributed by atoms with Crippen LogP contribution >= 0.6 is 0 Å². The molecule has 3 N–H and O–H groups in total. The van der Waals surface area contributed by atoms with Gasteiger partial charge in [-0.1, -0.05) is 27.2 Å². The fraction of sp³-hybridized carbons (Fsp3) is 0.846. The van der Waals surface area contributed by atoms with Crippen molar-refractivity contribution >= 4 is 12.0 Å². The van der Waals surface area contributed by atoms with Gasteiger partial charge in [-0.05, 0) is 25.9 Å². The van der Waals surface area contributed by atoms with Crippen LogP contribution in [0.3, 0.4) is 0 Å².